The summed E-state index contributed by atoms with van der Waals surface area (Å²) in [6.07, 6.45) is 3.38. The van der Waals surface area contributed by atoms with Crippen LogP contribution in [0.2, 0.25) is 0 Å². The van der Waals surface area contributed by atoms with Crippen molar-refractivity contribution in [2.75, 3.05) is 18.0 Å². The van der Waals surface area contributed by atoms with Crippen LogP contribution in [0.1, 0.15) is 31.9 Å². The number of aromatic nitrogens is 1. The predicted octanol–water partition coefficient (Wildman–Crippen LogP) is 2.40. The first-order chi connectivity index (χ1) is 8.19. The minimum atomic E-state index is -0.759. The van der Waals surface area contributed by atoms with E-state index in [4.69, 9.17) is 5.11 Å². The van der Waals surface area contributed by atoms with Gasteiger partial charge in [0, 0.05) is 24.9 Å². The lowest BCUT2D eigenvalue weighted by molar-refractivity contribution is -0.136. The largest absolute Gasteiger partial charge is 0.481 e. The fourth-order valence-corrected chi connectivity index (χ4v) is 2.68. The summed E-state index contributed by atoms with van der Waals surface area (Å²) < 4.78 is 0. The van der Waals surface area contributed by atoms with E-state index in [1.54, 1.807) is 11.3 Å². The molecule has 1 heterocycles. The molecule has 0 radical (unpaired) electrons. The molecule has 0 saturated heterocycles. The van der Waals surface area contributed by atoms with Crippen LogP contribution in [0.5, 0.6) is 0 Å². The number of rotatable bonds is 7. The van der Waals surface area contributed by atoms with Gasteiger partial charge in [-0.25, -0.2) is 4.98 Å². The maximum atomic E-state index is 10.5. The van der Waals surface area contributed by atoms with Crippen LogP contribution in [-0.2, 0) is 11.2 Å². The number of nitrogens with zero attached hydrogens (tertiary/aromatic N) is 2. The zero-order valence-corrected chi connectivity index (χ0v) is 10.9. The van der Waals surface area contributed by atoms with E-state index >= 15 is 0 Å². The highest BCUT2D eigenvalue weighted by atomic mass is 32.1. The fraction of sp³-hybridized carbons (Fsp3) is 0.667. The molecule has 0 aromatic carbocycles. The zero-order chi connectivity index (χ0) is 12.3. The Bertz CT molecular complexity index is 388. The Balaban J connectivity index is 1.92. The molecule has 5 heteroatoms. The van der Waals surface area contributed by atoms with E-state index in [1.165, 1.54) is 12.8 Å². The number of carboxylic acids is 1. The average molecular weight is 254 g/mol. The Labute approximate surface area is 105 Å². The molecular formula is C12H18N2O2S. The quantitative estimate of drug-likeness (QED) is 0.811. The zero-order valence-electron chi connectivity index (χ0n) is 10.1. The molecule has 1 fully saturated rings. The Morgan fingerprint density at radius 3 is 3.00 bits per heavy atom. The topological polar surface area (TPSA) is 53.4 Å². The summed E-state index contributed by atoms with van der Waals surface area (Å²) in [7, 11) is 0. The van der Waals surface area contributed by atoms with Crippen LogP contribution >= 0.6 is 11.3 Å². The molecule has 0 amide bonds. The van der Waals surface area contributed by atoms with E-state index in [0.717, 1.165) is 29.8 Å². The SMILES string of the molecule is CCN(CC1CC1)c1nc(CCC(=O)O)cs1. The maximum Gasteiger partial charge on any atom is 0.303 e. The van der Waals surface area contributed by atoms with Crippen LogP contribution in [0.4, 0.5) is 5.13 Å². The Morgan fingerprint density at radius 2 is 2.41 bits per heavy atom. The maximum absolute atomic E-state index is 10.5. The molecule has 1 aliphatic carbocycles. The van der Waals surface area contributed by atoms with Gasteiger partial charge in [0.05, 0.1) is 12.1 Å². The van der Waals surface area contributed by atoms with Crippen LogP contribution in [0, 0.1) is 5.92 Å². The first-order valence-corrected chi connectivity index (χ1v) is 6.98. The molecule has 0 aliphatic heterocycles. The minimum Gasteiger partial charge on any atom is -0.481 e. The normalized spacial score (nSPS) is 14.9. The Morgan fingerprint density at radius 1 is 1.65 bits per heavy atom. The molecule has 1 aromatic rings. The van der Waals surface area contributed by atoms with Gasteiger partial charge in [0.2, 0.25) is 0 Å². The van der Waals surface area contributed by atoms with Crippen molar-refractivity contribution in [3.05, 3.63) is 11.1 Å². The van der Waals surface area contributed by atoms with Gasteiger partial charge in [0.1, 0.15) is 0 Å². The van der Waals surface area contributed by atoms with Crippen molar-refractivity contribution in [2.24, 2.45) is 5.92 Å². The van der Waals surface area contributed by atoms with Crippen molar-refractivity contribution in [3.8, 4) is 0 Å². The molecule has 0 bridgehead atoms. The van der Waals surface area contributed by atoms with Crippen LogP contribution in [-0.4, -0.2) is 29.1 Å². The molecule has 1 aromatic heterocycles. The summed E-state index contributed by atoms with van der Waals surface area (Å²) in [6, 6.07) is 0. The van der Waals surface area contributed by atoms with Gasteiger partial charge >= 0.3 is 5.97 Å². The van der Waals surface area contributed by atoms with Gasteiger partial charge in [0.15, 0.2) is 5.13 Å². The van der Waals surface area contributed by atoms with E-state index < -0.39 is 5.97 Å². The van der Waals surface area contributed by atoms with Gasteiger partial charge < -0.3 is 10.0 Å². The second kappa shape index (κ2) is 5.49. The van der Waals surface area contributed by atoms with Crippen molar-refractivity contribution in [1.82, 2.24) is 4.98 Å². The van der Waals surface area contributed by atoms with Crippen molar-refractivity contribution in [3.63, 3.8) is 0 Å². The van der Waals surface area contributed by atoms with E-state index in [0.29, 0.717) is 6.42 Å². The van der Waals surface area contributed by atoms with Gasteiger partial charge in [-0.1, -0.05) is 0 Å². The molecule has 4 nitrogen and oxygen atoms in total. The van der Waals surface area contributed by atoms with E-state index in [1.807, 2.05) is 5.38 Å². The second-order valence-corrected chi connectivity index (χ2v) is 5.33. The van der Waals surface area contributed by atoms with E-state index in [-0.39, 0.29) is 6.42 Å². The van der Waals surface area contributed by atoms with Crippen LogP contribution < -0.4 is 4.90 Å². The third-order valence-corrected chi connectivity index (χ3v) is 3.91. The van der Waals surface area contributed by atoms with Crippen molar-refractivity contribution >= 4 is 22.4 Å². The van der Waals surface area contributed by atoms with Gasteiger partial charge in [-0.05, 0) is 25.7 Å². The number of carbonyl (C=O) groups is 1. The molecular weight excluding hydrogens is 236 g/mol. The number of aryl methyl sites for hydroxylation is 1. The number of hydrogen-bond donors (Lipinski definition) is 1. The first kappa shape index (κ1) is 12.4. The molecule has 0 spiro atoms. The highest BCUT2D eigenvalue weighted by Crippen LogP contribution is 2.32. The summed E-state index contributed by atoms with van der Waals surface area (Å²) in [5.41, 5.74) is 0.904. The number of aliphatic carboxylic acids is 1. The Kier molecular flexibility index (Phi) is 3.99. The summed E-state index contributed by atoms with van der Waals surface area (Å²) in [5.74, 6) is 0.0891. The van der Waals surface area contributed by atoms with Crippen LogP contribution in [0.15, 0.2) is 5.38 Å². The van der Waals surface area contributed by atoms with Crippen LogP contribution in [0.25, 0.3) is 0 Å². The second-order valence-electron chi connectivity index (χ2n) is 4.50. The number of thiazole rings is 1. The Hall–Kier alpha value is -1.10. The van der Waals surface area contributed by atoms with Gasteiger partial charge in [0.25, 0.3) is 0 Å². The smallest absolute Gasteiger partial charge is 0.303 e. The first-order valence-electron chi connectivity index (χ1n) is 6.10. The molecule has 1 saturated carbocycles. The predicted molar refractivity (Wildman–Crippen MR) is 68.7 cm³/mol. The van der Waals surface area contributed by atoms with Gasteiger partial charge in [-0.3, -0.25) is 4.79 Å². The minimum absolute atomic E-state index is 0.165. The molecule has 94 valence electrons. The highest BCUT2D eigenvalue weighted by Gasteiger charge is 2.24. The van der Waals surface area contributed by atoms with Gasteiger partial charge in [-0.2, -0.15) is 0 Å². The summed E-state index contributed by atoms with van der Waals surface area (Å²) >= 11 is 1.63. The summed E-state index contributed by atoms with van der Waals surface area (Å²) in [6.45, 7) is 4.21. The van der Waals surface area contributed by atoms with Gasteiger partial charge in [-0.15, -0.1) is 11.3 Å². The standard InChI is InChI=1S/C12H18N2O2S/c1-2-14(7-9-3-4-9)12-13-10(8-17-12)5-6-11(15)16/h8-9H,2-7H2,1H3,(H,15,16). The fourth-order valence-electron chi connectivity index (χ4n) is 1.75. The third kappa shape index (κ3) is 3.70. The monoisotopic (exact) mass is 254 g/mol. The number of hydrogen-bond acceptors (Lipinski definition) is 4. The van der Waals surface area contributed by atoms with Crippen molar-refractivity contribution in [2.45, 2.75) is 32.6 Å². The van der Waals surface area contributed by atoms with Crippen molar-refractivity contribution < 1.29 is 9.90 Å². The van der Waals surface area contributed by atoms with Crippen molar-refractivity contribution in [1.29, 1.82) is 0 Å². The number of anilines is 1. The lowest BCUT2D eigenvalue weighted by atomic mass is 10.2. The van der Waals surface area contributed by atoms with E-state index in [2.05, 4.69) is 16.8 Å². The highest BCUT2D eigenvalue weighted by molar-refractivity contribution is 7.13. The number of carboxylic acid groups (broad SMARTS) is 1. The summed E-state index contributed by atoms with van der Waals surface area (Å²) in [5, 5.41) is 11.7. The molecule has 1 N–H and O–H groups in total. The average Bonchev–Trinajstić information content (AvgIpc) is 3.00. The lowest BCUT2D eigenvalue weighted by Crippen LogP contribution is -2.25. The molecule has 17 heavy (non-hydrogen) atoms. The molecule has 0 unspecified atom stereocenters. The molecule has 0 atom stereocenters. The molecule has 1 aliphatic rings. The lowest BCUT2D eigenvalue weighted by Gasteiger charge is -2.19. The summed E-state index contributed by atoms with van der Waals surface area (Å²) in [4.78, 5) is 17.3. The van der Waals surface area contributed by atoms with E-state index in [9.17, 15) is 4.79 Å². The third-order valence-electron chi connectivity index (χ3n) is 2.96. The van der Waals surface area contributed by atoms with Crippen LogP contribution in [0.3, 0.4) is 0 Å². The molecule has 2 rings (SSSR count).